The summed E-state index contributed by atoms with van der Waals surface area (Å²) >= 11 is 0. The second-order valence-corrected chi connectivity index (χ2v) is 7.86. The maximum Gasteiger partial charge on any atom is 0.223 e. The van der Waals surface area contributed by atoms with Gasteiger partial charge in [0.2, 0.25) is 5.91 Å². The minimum absolute atomic E-state index is 0.00684. The molecule has 1 N–H and O–H groups in total. The maximum absolute atomic E-state index is 12.5. The Bertz CT molecular complexity index is 1190. The molecule has 0 saturated carbocycles. The van der Waals surface area contributed by atoms with Crippen LogP contribution in [0.3, 0.4) is 0 Å². The number of benzene rings is 1. The van der Waals surface area contributed by atoms with Gasteiger partial charge in [-0.3, -0.25) is 4.79 Å². The van der Waals surface area contributed by atoms with E-state index in [1.165, 1.54) is 0 Å². The molecule has 8 heteroatoms. The highest BCUT2D eigenvalue weighted by molar-refractivity contribution is 5.78. The molecule has 1 aromatic carbocycles. The first-order chi connectivity index (χ1) is 15.2. The number of nitrogens with zero attached hydrogens (tertiary/aromatic N) is 5. The number of furan rings is 1. The molecule has 5 rings (SSSR count). The predicted molar refractivity (Wildman–Crippen MR) is 116 cm³/mol. The van der Waals surface area contributed by atoms with Crippen LogP contribution in [0.1, 0.15) is 24.2 Å². The lowest BCUT2D eigenvalue weighted by Gasteiger charge is -2.32. The second kappa shape index (κ2) is 8.22. The Hall–Kier alpha value is -3.68. The van der Waals surface area contributed by atoms with Gasteiger partial charge in [0.15, 0.2) is 11.5 Å². The van der Waals surface area contributed by atoms with Gasteiger partial charge in [0, 0.05) is 24.6 Å². The highest BCUT2D eigenvalue weighted by Crippen LogP contribution is 2.25. The van der Waals surface area contributed by atoms with Crippen molar-refractivity contribution < 1.29 is 9.21 Å². The topological polar surface area (TPSA) is 88.6 Å². The molecule has 31 heavy (non-hydrogen) atoms. The van der Waals surface area contributed by atoms with Crippen LogP contribution in [0.2, 0.25) is 0 Å². The molecule has 158 valence electrons. The van der Waals surface area contributed by atoms with Crippen molar-refractivity contribution >= 4 is 17.4 Å². The summed E-state index contributed by atoms with van der Waals surface area (Å²) in [4.78, 5) is 14.7. The minimum Gasteiger partial charge on any atom is -0.467 e. The van der Waals surface area contributed by atoms with Crippen molar-refractivity contribution in [3.8, 4) is 11.4 Å². The van der Waals surface area contributed by atoms with Gasteiger partial charge in [0.05, 0.1) is 12.8 Å². The third-order valence-electron chi connectivity index (χ3n) is 5.84. The van der Waals surface area contributed by atoms with E-state index in [0.717, 1.165) is 54.5 Å². The van der Waals surface area contributed by atoms with Gasteiger partial charge in [-0.1, -0.05) is 24.3 Å². The van der Waals surface area contributed by atoms with Crippen LogP contribution in [0, 0.1) is 12.8 Å². The number of aromatic nitrogens is 4. The van der Waals surface area contributed by atoms with Gasteiger partial charge in [-0.05, 0) is 49.6 Å². The van der Waals surface area contributed by atoms with Gasteiger partial charge in [-0.25, -0.2) is 0 Å². The molecule has 0 unspecified atom stereocenters. The number of fused-ring (bicyclic) bond motifs is 1. The van der Waals surface area contributed by atoms with Gasteiger partial charge < -0.3 is 14.6 Å². The maximum atomic E-state index is 12.5. The number of piperidine rings is 1. The minimum atomic E-state index is 0.00684. The lowest BCUT2D eigenvalue weighted by Crippen LogP contribution is -2.40. The van der Waals surface area contributed by atoms with Crippen LogP contribution in [0.25, 0.3) is 17.0 Å². The molecule has 1 fully saturated rings. The first-order valence-corrected chi connectivity index (χ1v) is 10.5. The summed E-state index contributed by atoms with van der Waals surface area (Å²) < 4.78 is 7.09. The molecule has 0 atom stereocenters. The van der Waals surface area contributed by atoms with Crippen molar-refractivity contribution in [3.05, 3.63) is 66.1 Å². The van der Waals surface area contributed by atoms with E-state index in [2.05, 4.69) is 33.4 Å². The Morgan fingerprint density at radius 1 is 1.10 bits per heavy atom. The quantitative estimate of drug-likeness (QED) is 0.537. The van der Waals surface area contributed by atoms with E-state index in [9.17, 15) is 4.79 Å². The van der Waals surface area contributed by atoms with E-state index >= 15 is 0 Å². The SMILES string of the molecule is Cc1ccccc1-c1nnc2ccc(N3CCC(C(=O)NCc4ccco4)CC3)nn12. The number of hydrogen-bond donors (Lipinski definition) is 1. The number of carbonyl (C=O) groups excluding carboxylic acids is 1. The van der Waals surface area contributed by atoms with E-state index in [1.807, 2.05) is 42.5 Å². The highest BCUT2D eigenvalue weighted by Gasteiger charge is 2.26. The van der Waals surface area contributed by atoms with Crippen LogP contribution in [-0.4, -0.2) is 38.8 Å². The molecule has 8 nitrogen and oxygen atoms in total. The van der Waals surface area contributed by atoms with Gasteiger partial charge >= 0.3 is 0 Å². The van der Waals surface area contributed by atoms with Crippen LogP contribution in [0.15, 0.2) is 59.2 Å². The van der Waals surface area contributed by atoms with E-state index in [-0.39, 0.29) is 11.8 Å². The number of carbonyl (C=O) groups is 1. The van der Waals surface area contributed by atoms with Crippen molar-refractivity contribution in [2.45, 2.75) is 26.3 Å². The Labute approximate surface area is 179 Å². The largest absolute Gasteiger partial charge is 0.467 e. The van der Waals surface area contributed by atoms with Crippen molar-refractivity contribution in [2.75, 3.05) is 18.0 Å². The molecule has 0 aliphatic carbocycles. The van der Waals surface area contributed by atoms with Gasteiger partial charge in [0.25, 0.3) is 0 Å². The number of anilines is 1. The summed E-state index contributed by atoms with van der Waals surface area (Å²) in [6, 6.07) is 15.7. The summed E-state index contributed by atoms with van der Waals surface area (Å²) in [6.07, 6.45) is 3.19. The fourth-order valence-electron chi connectivity index (χ4n) is 4.04. The second-order valence-electron chi connectivity index (χ2n) is 7.86. The van der Waals surface area contributed by atoms with E-state index in [1.54, 1.807) is 10.8 Å². The molecule has 1 amide bonds. The van der Waals surface area contributed by atoms with Crippen LogP contribution in [0.5, 0.6) is 0 Å². The van der Waals surface area contributed by atoms with Crippen molar-refractivity contribution in [2.24, 2.45) is 5.92 Å². The summed E-state index contributed by atoms with van der Waals surface area (Å²) in [5, 5.41) is 16.4. The summed E-state index contributed by atoms with van der Waals surface area (Å²) in [6.45, 7) is 4.04. The van der Waals surface area contributed by atoms with Crippen molar-refractivity contribution in [1.29, 1.82) is 0 Å². The smallest absolute Gasteiger partial charge is 0.223 e. The summed E-state index contributed by atoms with van der Waals surface area (Å²) in [5.74, 6) is 2.47. The lowest BCUT2D eigenvalue weighted by molar-refractivity contribution is -0.125. The average molecular weight is 416 g/mol. The zero-order valence-corrected chi connectivity index (χ0v) is 17.4. The highest BCUT2D eigenvalue weighted by atomic mass is 16.3. The molecule has 4 heterocycles. The Kier molecular flexibility index (Phi) is 5.11. The van der Waals surface area contributed by atoms with E-state index < -0.39 is 0 Å². The third kappa shape index (κ3) is 3.88. The molecule has 1 saturated heterocycles. The zero-order chi connectivity index (χ0) is 21.2. The monoisotopic (exact) mass is 416 g/mol. The molecule has 0 spiro atoms. The van der Waals surface area contributed by atoms with Crippen LogP contribution in [-0.2, 0) is 11.3 Å². The molecule has 1 aliphatic rings. The normalized spacial score (nSPS) is 14.8. The number of hydrogen-bond acceptors (Lipinski definition) is 6. The number of amides is 1. The molecule has 0 radical (unpaired) electrons. The van der Waals surface area contributed by atoms with E-state index in [4.69, 9.17) is 9.52 Å². The molecule has 1 aliphatic heterocycles. The van der Waals surface area contributed by atoms with Crippen LogP contribution < -0.4 is 10.2 Å². The molecule has 3 aromatic heterocycles. The number of nitrogens with one attached hydrogen (secondary N) is 1. The Balaban J connectivity index is 1.28. The van der Waals surface area contributed by atoms with E-state index in [0.29, 0.717) is 12.2 Å². The summed E-state index contributed by atoms with van der Waals surface area (Å²) in [7, 11) is 0. The van der Waals surface area contributed by atoms with Crippen molar-refractivity contribution in [3.63, 3.8) is 0 Å². The Morgan fingerprint density at radius 2 is 1.94 bits per heavy atom. The summed E-state index contributed by atoms with van der Waals surface area (Å²) in [5.41, 5.74) is 2.87. The fraction of sp³-hybridized carbons (Fsp3) is 0.304. The standard InChI is InChI=1S/C23H24N6O2/c1-16-5-2-3-7-19(16)22-26-25-20-8-9-21(27-29(20)22)28-12-10-17(11-13-28)23(30)24-15-18-6-4-14-31-18/h2-9,14,17H,10-13,15H2,1H3,(H,24,30). The zero-order valence-electron chi connectivity index (χ0n) is 17.4. The van der Waals surface area contributed by atoms with Gasteiger partial charge in [-0.2, -0.15) is 4.52 Å². The first kappa shape index (κ1) is 19.3. The number of aryl methyl sites for hydroxylation is 1. The molecule has 0 bridgehead atoms. The fourth-order valence-corrected chi connectivity index (χ4v) is 4.04. The molecular formula is C23H24N6O2. The van der Waals surface area contributed by atoms with Crippen LogP contribution >= 0.6 is 0 Å². The number of rotatable bonds is 5. The Morgan fingerprint density at radius 3 is 2.71 bits per heavy atom. The lowest BCUT2D eigenvalue weighted by atomic mass is 9.96. The van der Waals surface area contributed by atoms with Crippen LogP contribution in [0.4, 0.5) is 5.82 Å². The molecular weight excluding hydrogens is 392 g/mol. The third-order valence-corrected chi connectivity index (χ3v) is 5.84. The predicted octanol–water partition coefficient (Wildman–Crippen LogP) is 3.23. The van der Waals surface area contributed by atoms with Gasteiger partial charge in [-0.15, -0.1) is 15.3 Å². The molecule has 4 aromatic rings. The average Bonchev–Trinajstić information content (AvgIpc) is 3.47. The van der Waals surface area contributed by atoms with Crippen molar-refractivity contribution in [1.82, 2.24) is 25.1 Å². The van der Waals surface area contributed by atoms with Gasteiger partial charge in [0.1, 0.15) is 11.6 Å². The first-order valence-electron chi connectivity index (χ1n) is 10.5.